The lowest BCUT2D eigenvalue weighted by atomic mass is 9.86. The Labute approximate surface area is 155 Å². The van der Waals surface area contributed by atoms with Gasteiger partial charge in [0.25, 0.3) is 11.8 Å². The quantitative estimate of drug-likeness (QED) is 0.844. The third-order valence-electron chi connectivity index (χ3n) is 4.14. The molecule has 7 heteroatoms. The van der Waals surface area contributed by atoms with Crippen LogP contribution < -0.4 is 5.32 Å². The lowest BCUT2D eigenvalue weighted by Crippen LogP contribution is -2.37. The number of benzene rings is 1. The molecule has 0 saturated heterocycles. The van der Waals surface area contributed by atoms with Crippen molar-refractivity contribution in [3.63, 3.8) is 0 Å². The van der Waals surface area contributed by atoms with E-state index in [4.69, 9.17) is 0 Å². The molecule has 132 valence electrons. The largest absolute Gasteiger partial charge is 0.315 e. The van der Waals surface area contributed by atoms with Gasteiger partial charge in [0.2, 0.25) is 5.91 Å². The number of hydrogen-bond acceptors (Lipinski definition) is 5. The molecule has 0 radical (unpaired) electrons. The number of nitrogens with zero attached hydrogens (tertiary/aromatic N) is 2. The van der Waals surface area contributed by atoms with Gasteiger partial charge < -0.3 is 5.32 Å². The summed E-state index contributed by atoms with van der Waals surface area (Å²) < 4.78 is 0. The zero-order chi connectivity index (χ0) is 19.1. The average molecular weight is 367 g/mol. The summed E-state index contributed by atoms with van der Waals surface area (Å²) in [7, 11) is 0. The molecule has 2 heterocycles. The lowest BCUT2D eigenvalue weighted by Gasteiger charge is -2.17. The second-order valence-corrected chi connectivity index (χ2v) is 7.89. The fourth-order valence-corrected chi connectivity index (χ4v) is 3.96. The lowest BCUT2D eigenvalue weighted by molar-refractivity contribution is -0.116. The van der Waals surface area contributed by atoms with Crippen LogP contribution in [0.25, 0.3) is 0 Å². The molecule has 1 aromatic heterocycles. The Balaban J connectivity index is 1.77. The first-order chi connectivity index (χ1) is 12.2. The van der Waals surface area contributed by atoms with Crippen LogP contribution in [0.5, 0.6) is 0 Å². The molecule has 0 fully saturated rings. The van der Waals surface area contributed by atoms with Gasteiger partial charge in [-0.2, -0.15) is 5.26 Å². The molecule has 2 aromatic rings. The predicted octanol–water partition coefficient (Wildman–Crippen LogP) is 3.15. The standard InChI is InChI=1S/C19H17N3O3S/c1-19(2,3)14-10-26-16(13(14)8-20)21-15(23)9-22-17(24)11-6-4-5-7-12(11)18(22)25/h4-7,10H,9H2,1-3H3,(H,21,23). The summed E-state index contributed by atoms with van der Waals surface area (Å²) in [6.45, 7) is 5.57. The van der Waals surface area contributed by atoms with Crippen LogP contribution in [0, 0.1) is 11.3 Å². The monoisotopic (exact) mass is 367 g/mol. The van der Waals surface area contributed by atoms with E-state index in [0.29, 0.717) is 21.7 Å². The number of anilines is 1. The maximum absolute atomic E-state index is 12.4. The molecular formula is C19H17N3O3S. The summed E-state index contributed by atoms with van der Waals surface area (Å²) in [5.41, 5.74) is 1.63. The van der Waals surface area contributed by atoms with Crippen LogP contribution in [0.1, 0.15) is 52.6 Å². The Morgan fingerprint density at radius 1 is 1.19 bits per heavy atom. The van der Waals surface area contributed by atoms with Crippen LogP contribution in [0.3, 0.4) is 0 Å². The second-order valence-electron chi connectivity index (χ2n) is 7.01. The third-order valence-corrected chi connectivity index (χ3v) is 5.04. The maximum Gasteiger partial charge on any atom is 0.262 e. The number of imide groups is 1. The number of carbonyl (C=O) groups is 3. The minimum atomic E-state index is -0.515. The van der Waals surface area contributed by atoms with Crippen molar-refractivity contribution < 1.29 is 14.4 Å². The number of thiophene rings is 1. The highest BCUT2D eigenvalue weighted by Crippen LogP contribution is 2.35. The van der Waals surface area contributed by atoms with Crippen molar-refractivity contribution in [1.82, 2.24) is 4.90 Å². The molecule has 0 atom stereocenters. The van der Waals surface area contributed by atoms with Crippen molar-refractivity contribution in [3.8, 4) is 6.07 Å². The zero-order valence-corrected chi connectivity index (χ0v) is 15.4. The minimum absolute atomic E-state index is 0.229. The SMILES string of the molecule is CC(C)(C)c1csc(NC(=O)CN2C(=O)c3ccccc3C2=O)c1C#N. The van der Waals surface area contributed by atoms with Crippen molar-refractivity contribution in [2.24, 2.45) is 0 Å². The van der Waals surface area contributed by atoms with Gasteiger partial charge in [0.15, 0.2) is 0 Å². The van der Waals surface area contributed by atoms with Gasteiger partial charge in [0.1, 0.15) is 17.6 Å². The van der Waals surface area contributed by atoms with Crippen LogP contribution >= 0.6 is 11.3 Å². The molecule has 0 unspecified atom stereocenters. The van der Waals surface area contributed by atoms with E-state index in [1.54, 1.807) is 24.3 Å². The third kappa shape index (κ3) is 3.00. The van der Waals surface area contributed by atoms with Gasteiger partial charge in [-0.3, -0.25) is 19.3 Å². The molecule has 1 aliphatic heterocycles. The van der Waals surface area contributed by atoms with Gasteiger partial charge in [-0.05, 0) is 28.5 Å². The van der Waals surface area contributed by atoms with Crippen LogP contribution in [-0.2, 0) is 10.2 Å². The number of fused-ring (bicyclic) bond motifs is 1. The summed E-state index contributed by atoms with van der Waals surface area (Å²) in [5, 5.41) is 14.4. The molecule has 0 aliphatic carbocycles. The molecule has 6 nitrogen and oxygen atoms in total. The average Bonchev–Trinajstić information content (AvgIpc) is 3.10. The van der Waals surface area contributed by atoms with E-state index in [9.17, 15) is 19.6 Å². The van der Waals surface area contributed by atoms with Gasteiger partial charge in [0, 0.05) is 0 Å². The van der Waals surface area contributed by atoms with Gasteiger partial charge in [0.05, 0.1) is 16.7 Å². The molecule has 1 N–H and O–H groups in total. The van der Waals surface area contributed by atoms with E-state index < -0.39 is 17.7 Å². The first-order valence-corrected chi connectivity index (χ1v) is 8.89. The first kappa shape index (κ1) is 17.8. The summed E-state index contributed by atoms with van der Waals surface area (Å²) in [5.74, 6) is -1.48. The molecule has 0 bridgehead atoms. The molecule has 1 aliphatic rings. The summed E-state index contributed by atoms with van der Waals surface area (Å²) in [6, 6.07) is 8.61. The molecule has 3 amide bonds. The Bertz CT molecular complexity index is 928. The highest BCUT2D eigenvalue weighted by atomic mass is 32.1. The van der Waals surface area contributed by atoms with E-state index in [2.05, 4.69) is 11.4 Å². The molecule has 0 spiro atoms. The zero-order valence-electron chi connectivity index (χ0n) is 14.6. The number of nitriles is 1. The number of carbonyl (C=O) groups excluding carboxylic acids is 3. The minimum Gasteiger partial charge on any atom is -0.315 e. The Morgan fingerprint density at radius 3 is 2.27 bits per heavy atom. The van der Waals surface area contributed by atoms with E-state index >= 15 is 0 Å². The Hall–Kier alpha value is -2.98. The van der Waals surface area contributed by atoms with Crippen molar-refractivity contribution >= 4 is 34.1 Å². The molecule has 1 aromatic carbocycles. The van der Waals surface area contributed by atoms with Crippen molar-refractivity contribution in [1.29, 1.82) is 5.26 Å². The van der Waals surface area contributed by atoms with Crippen LogP contribution in [-0.4, -0.2) is 29.2 Å². The second kappa shape index (κ2) is 6.39. The number of amides is 3. The normalized spacial score (nSPS) is 13.5. The van der Waals surface area contributed by atoms with Gasteiger partial charge in [-0.15, -0.1) is 11.3 Å². The fraction of sp³-hybridized carbons (Fsp3) is 0.263. The number of rotatable bonds is 3. The predicted molar refractivity (Wildman–Crippen MR) is 98.2 cm³/mol. The highest BCUT2D eigenvalue weighted by Gasteiger charge is 2.36. The van der Waals surface area contributed by atoms with Crippen LogP contribution in [0.4, 0.5) is 5.00 Å². The van der Waals surface area contributed by atoms with Crippen LogP contribution in [0.2, 0.25) is 0 Å². The molecule has 26 heavy (non-hydrogen) atoms. The first-order valence-electron chi connectivity index (χ1n) is 8.01. The summed E-state index contributed by atoms with van der Waals surface area (Å²) >= 11 is 1.26. The Kier molecular flexibility index (Phi) is 4.38. The molecular weight excluding hydrogens is 350 g/mol. The molecule has 0 saturated carbocycles. The fourth-order valence-electron chi connectivity index (χ4n) is 2.81. The van der Waals surface area contributed by atoms with E-state index in [-0.39, 0.29) is 12.0 Å². The van der Waals surface area contributed by atoms with Crippen molar-refractivity contribution in [3.05, 3.63) is 51.9 Å². The Morgan fingerprint density at radius 2 is 1.77 bits per heavy atom. The van der Waals surface area contributed by atoms with E-state index in [0.717, 1.165) is 10.5 Å². The summed E-state index contributed by atoms with van der Waals surface area (Å²) in [4.78, 5) is 38.0. The topological polar surface area (TPSA) is 90.3 Å². The van der Waals surface area contributed by atoms with E-state index in [1.807, 2.05) is 26.2 Å². The smallest absolute Gasteiger partial charge is 0.262 e. The van der Waals surface area contributed by atoms with Gasteiger partial charge >= 0.3 is 0 Å². The molecule has 3 rings (SSSR count). The highest BCUT2D eigenvalue weighted by molar-refractivity contribution is 7.14. The number of nitrogens with one attached hydrogen (secondary N) is 1. The van der Waals surface area contributed by atoms with E-state index in [1.165, 1.54) is 11.3 Å². The van der Waals surface area contributed by atoms with Gasteiger partial charge in [-0.25, -0.2) is 0 Å². The van der Waals surface area contributed by atoms with Gasteiger partial charge in [-0.1, -0.05) is 32.9 Å². The number of hydrogen-bond donors (Lipinski definition) is 1. The van der Waals surface area contributed by atoms with Crippen molar-refractivity contribution in [2.45, 2.75) is 26.2 Å². The van der Waals surface area contributed by atoms with Crippen LogP contribution in [0.15, 0.2) is 29.6 Å². The van der Waals surface area contributed by atoms with Crippen molar-refractivity contribution in [2.75, 3.05) is 11.9 Å². The maximum atomic E-state index is 12.4. The summed E-state index contributed by atoms with van der Waals surface area (Å²) in [6.07, 6.45) is 0.